The fourth-order valence-electron chi connectivity index (χ4n) is 5.87. The molecule has 2 unspecified atom stereocenters. The van der Waals surface area contributed by atoms with Crippen molar-refractivity contribution in [3.05, 3.63) is 26.6 Å². The van der Waals surface area contributed by atoms with Gasteiger partial charge in [-0.3, -0.25) is 0 Å². The topological polar surface area (TPSA) is 38.0 Å². The number of halogens is 5. The predicted octanol–water partition coefficient (Wildman–Crippen LogP) is 5.78. The van der Waals surface area contributed by atoms with Crippen molar-refractivity contribution >= 4 is 37.5 Å². The molecule has 7 heteroatoms. The Kier molecular flexibility index (Phi) is 4.25. The van der Waals surface area contributed by atoms with Crippen molar-refractivity contribution in [3.63, 3.8) is 0 Å². The van der Waals surface area contributed by atoms with Crippen molar-refractivity contribution in [1.82, 2.24) is 5.32 Å². The number of nitrogens with two attached hydrogens (primary N) is 1. The number of rotatable bonds is 3. The standard InChI is InChI=1S/C18H21Br2F3N2/c19-13-2-12(15(24)14(20)3-13)8-25-17-6-10-1-11(7-17)5-16(4-10,9-17)18(21,22)23/h2-3,10-11,25H,1,4-9,24H2. The lowest BCUT2D eigenvalue weighted by Crippen LogP contribution is -2.65. The zero-order chi connectivity index (χ0) is 18.0. The minimum Gasteiger partial charge on any atom is -0.398 e. The Hall–Kier alpha value is -0.270. The lowest BCUT2D eigenvalue weighted by Gasteiger charge is -2.62. The van der Waals surface area contributed by atoms with Gasteiger partial charge in [0.05, 0.1) is 11.1 Å². The molecule has 1 aromatic carbocycles. The van der Waals surface area contributed by atoms with Crippen LogP contribution in [0.4, 0.5) is 18.9 Å². The van der Waals surface area contributed by atoms with Crippen LogP contribution >= 0.6 is 31.9 Å². The molecule has 3 N–H and O–H groups in total. The van der Waals surface area contributed by atoms with Crippen LogP contribution in [0.2, 0.25) is 0 Å². The van der Waals surface area contributed by atoms with Crippen LogP contribution in [-0.2, 0) is 6.54 Å². The Morgan fingerprint density at radius 2 is 1.76 bits per heavy atom. The molecule has 0 radical (unpaired) electrons. The normalized spacial score (nSPS) is 36.8. The summed E-state index contributed by atoms with van der Waals surface area (Å²) >= 11 is 6.89. The lowest BCUT2D eigenvalue weighted by atomic mass is 9.46. The summed E-state index contributed by atoms with van der Waals surface area (Å²) in [6.45, 7) is 0.497. The zero-order valence-electron chi connectivity index (χ0n) is 13.7. The van der Waals surface area contributed by atoms with Gasteiger partial charge in [-0.2, -0.15) is 13.2 Å². The summed E-state index contributed by atoms with van der Waals surface area (Å²) in [5.41, 5.74) is 5.82. The molecule has 0 amide bonds. The van der Waals surface area contributed by atoms with Crippen molar-refractivity contribution in [3.8, 4) is 0 Å². The summed E-state index contributed by atoms with van der Waals surface area (Å²) in [5.74, 6) is 0.393. The number of benzene rings is 1. The van der Waals surface area contributed by atoms with Gasteiger partial charge in [0.2, 0.25) is 0 Å². The van der Waals surface area contributed by atoms with Gasteiger partial charge in [0.15, 0.2) is 0 Å². The first kappa shape index (κ1) is 18.1. The maximum atomic E-state index is 13.8. The number of alkyl halides is 3. The maximum Gasteiger partial charge on any atom is 0.394 e. The number of hydrogen-bond donors (Lipinski definition) is 2. The minimum atomic E-state index is -4.10. The molecule has 0 spiro atoms. The summed E-state index contributed by atoms with van der Waals surface area (Å²) in [7, 11) is 0. The molecule has 138 valence electrons. The molecule has 4 aliphatic carbocycles. The first-order valence-electron chi connectivity index (χ1n) is 8.67. The van der Waals surface area contributed by atoms with Crippen LogP contribution < -0.4 is 11.1 Å². The molecule has 0 heterocycles. The Bertz CT molecular complexity index is 690. The molecule has 1 aromatic rings. The number of anilines is 1. The van der Waals surface area contributed by atoms with Crippen LogP contribution in [0.15, 0.2) is 21.1 Å². The summed E-state index contributed by atoms with van der Waals surface area (Å²) < 4.78 is 43.2. The lowest BCUT2D eigenvalue weighted by molar-refractivity contribution is -0.278. The highest BCUT2D eigenvalue weighted by atomic mass is 79.9. The van der Waals surface area contributed by atoms with E-state index >= 15 is 0 Å². The maximum absolute atomic E-state index is 13.8. The summed E-state index contributed by atoms with van der Waals surface area (Å²) in [4.78, 5) is 0. The van der Waals surface area contributed by atoms with Gasteiger partial charge in [-0.1, -0.05) is 15.9 Å². The second-order valence-corrected chi connectivity index (χ2v) is 10.1. The highest BCUT2D eigenvalue weighted by Gasteiger charge is 2.67. The van der Waals surface area contributed by atoms with Crippen LogP contribution in [-0.4, -0.2) is 11.7 Å². The summed E-state index contributed by atoms with van der Waals surface area (Å²) in [5, 5.41) is 3.51. The Labute approximate surface area is 162 Å². The quantitative estimate of drug-likeness (QED) is 0.536. The van der Waals surface area contributed by atoms with Gasteiger partial charge in [0.1, 0.15) is 0 Å². The second kappa shape index (κ2) is 5.86. The van der Waals surface area contributed by atoms with Gasteiger partial charge in [0.25, 0.3) is 0 Å². The molecule has 0 aromatic heterocycles. The van der Waals surface area contributed by atoms with Crippen molar-refractivity contribution < 1.29 is 13.2 Å². The van der Waals surface area contributed by atoms with E-state index in [0.29, 0.717) is 25.1 Å². The zero-order valence-corrected chi connectivity index (χ0v) is 16.9. The second-order valence-electron chi connectivity index (χ2n) is 8.33. The molecule has 4 fully saturated rings. The van der Waals surface area contributed by atoms with Crippen molar-refractivity contribution in [2.45, 2.75) is 56.8 Å². The van der Waals surface area contributed by atoms with Gasteiger partial charge in [-0.15, -0.1) is 0 Å². The van der Waals surface area contributed by atoms with Crippen LogP contribution in [0.25, 0.3) is 0 Å². The van der Waals surface area contributed by atoms with Gasteiger partial charge in [-0.25, -0.2) is 0 Å². The molecular weight excluding hydrogens is 461 g/mol. The molecule has 4 aliphatic rings. The summed E-state index contributed by atoms with van der Waals surface area (Å²) in [6.07, 6.45) is -0.568. The number of hydrogen-bond acceptors (Lipinski definition) is 2. The number of nitrogen functional groups attached to an aromatic ring is 1. The van der Waals surface area contributed by atoms with Gasteiger partial charge in [-0.05, 0) is 84.0 Å². The smallest absolute Gasteiger partial charge is 0.394 e. The van der Waals surface area contributed by atoms with E-state index in [1.54, 1.807) is 0 Å². The van der Waals surface area contributed by atoms with E-state index in [0.717, 1.165) is 33.8 Å². The first-order valence-corrected chi connectivity index (χ1v) is 10.3. The van der Waals surface area contributed by atoms with Crippen LogP contribution in [0.1, 0.15) is 44.1 Å². The van der Waals surface area contributed by atoms with E-state index in [9.17, 15) is 13.2 Å². The van der Waals surface area contributed by atoms with E-state index in [4.69, 9.17) is 5.73 Å². The van der Waals surface area contributed by atoms with E-state index < -0.39 is 17.1 Å². The SMILES string of the molecule is Nc1c(Br)cc(Br)cc1CNC12CC3CC(C1)CC(C(F)(F)F)(C3)C2. The molecule has 0 aliphatic heterocycles. The third kappa shape index (κ3) is 3.04. The predicted molar refractivity (Wildman–Crippen MR) is 99.0 cm³/mol. The van der Waals surface area contributed by atoms with Gasteiger partial charge >= 0.3 is 6.18 Å². The molecule has 2 atom stereocenters. The summed E-state index contributed by atoms with van der Waals surface area (Å²) in [6, 6.07) is 3.81. The Morgan fingerprint density at radius 1 is 1.12 bits per heavy atom. The molecule has 4 saturated carbocycles. The van der Waals surface area contributed by atoms with Crippen LogP contribution in [0.5, 0.6) is 0 Å². The van der Waals surface area contributed by atoms with Crippen LogP contribution in [0, 0.1) is 17.3 Å². The third-order valence-corrected chi connectivity index (χ3v) is 7.61. The molecule has 5 rings (SSSR count). The average Bonchev–Trinajstić information content (AvgIpc) is 2.47. The van der Waals surface area contributed by atoms with Crippen molar-refractivity contribution in [2.75, 3.05) is 5.73 Å². The molecule has 0 saturated heterocycles. The molecule has 2 nitrogen and oxygen atoms in total. The van der Waals surface area contributed by atoms with E-state index in [1.165, 1.54) is 0 Å². The van der Waals surface area contributed by atoms with Crippen molar-refractivity contribution in [2.24, 2.45) is 17.3 Å². The Balaban J connectivity index is 1.59. The third-order valence-electron chi connectivity index (χ3n) is 6.50. The molecular formula is C18H21Br2F3N2. The fraction of sp³-hybridized carbons (Fsp3) is 0.667. The first-order chi connectivity index (χ1) is 11.6. The van der Waals surface area contributed by atoms with Gasteiger partial charge in [0, 0.05) is 21.0 Å². The van der Waals surface area contributed by atoms with Crippen molar-refractivity contribution in [1.29, 1.82) is 0 Å². The highest BCUT2D eigenvalue weighted by molar-refractivity contribution is 9.11. The number of nitrogens with one attached hydrogen (secondary N) is 1. The molecule has 25 heavy (non-hydrogen) atoms. The van der Waals surface area contributed by atoms with E-state index in [1.807, 2.05) is 12.1 Å². The monoisotopic (exact) mass is 480 g/mol. The van der Waals surface area contributed by atoms with E-state index in [2.05, 4.69) is 37.2 Å². The Morgan fingerprint density at radius 3 is 2.36 bits per heavy atom. The van der Waals surface area contributed by atoms with E-state index in [-0.39, 0.29) is 18.3 Å². The van der Waals surface area contributed by atoms with Gasteiger partial charge < -0.3 is 11.1 Å². The minimum absolute atomic E-state index is 0.196. The van der Waals surface area contributed by atoms with Crippen LogP contribution in [0.3, 0.4) is 0 Å². The largest absolute Gasteiger partial charge is 0.398 e. The average molecular weight is 482 g/mol. The fourth-order valence-corrected chi connectivity index (χ4v) is 7.18. The molecule has 4 bridgehead atoms. The highest BCUT2D eigenvalue weighted by Crippen LogP contribution is 2.66.